The van der Waals surface area contributed by atoms with Crippen molar-refractivity contribution in [1.82, 2.24) is 10.2 Å². The molecule has 1 amide bonds. The summed E-state index contributed by atoms with van der Waals surface area (Å²) in [6.07, 6.45) is 0. The summed E-state index contributed by atoms with van der Waals surface area (Å²) in [5.74, 6) is -2.21. The molecule has 180 valence electrons. The lowest BCUT2D eigenvalue weighted by molar-refractivity contribution is 0.0587. The number of hydrogen-bond acceptors (Lipinski definition) is 7. The Morgan fingerprint density at radius 1 is 0.806 bits per heavy atom. The summed E-state index contributed by atoms with van der Waals surface area (Å²) in [5, 5.41) is 9.22. The Labute approximate surface area is 205 Å². The van der Waals surface area contributed by atoms with Crippen molar-refractivity contribution in [3.8, 4) is 22.4 Å². The minimum atomic E-state index is -0.804. The third-order valence-electron chi connectivity index (χ3n) is 5.41. The first-order chi connectivity index (χ1) is 17.4. The third kappa shape index (κ3) is 4.76. The summed E-state index contributed by atoms with van der Waals surface area (Å²) in [7, 11) is 2.40. The Kier molecular flexibility index (Phi) is 7.01. The molecule has 3 aromatic carbocycles. The van der Waals surface area contributed by atoms with Crippen LogP contribution in [0.4, 0.5) is 5.69 Å². The van der Waals surface area contributed by atoms with Crippen LogP contribution in [-0.4, -0.2) is 42.3 Å². The molecule has 1 heterocycles. The van der Waals surface area contributed by atoms with E-state index in [1.807, 2.05) is 36.4 Å². The van der Waals surface area contributed by atoms with Crippen molar-refractivity contribution in [2.75, 3.05) is 19.5 Å². The highest BCUT2D eigenvalue weighted by Crippen LogP contribution is 2.32. The molecule has 0 atom stereocenters. The second kappa shape index (κ2) is 10.5. The maximum absolute atomic E-state index is 13.6. The average molecular weight is 483 g/mol. The van der Waals surface area contributed by atoms with Crippen LogP contribution in [0.3, 0.4) is 0 Å². The highest BCUT2D eigenvalue weighted by molar-refractivity contribution is 6.13. The van der Waals surface area contributed by atoms with Crippen LogP contribution in [0.2, 0.25) is 0 Å². The SMILES string of the molecule is COC(=O)c1ccc(C(=O)OC)c(NC(=O)c2c(-c3ccccc3)c(-c3ccccc3)n[nH]c2=O)c1. The van der Waals surface area contributed by atoms with Crippen LogP contribution in [0.5, 0.6) is 0 Å². The van der Waals surface area contributed by atoms with Crippen LogP contribution in [0.25, 0.3) is 22.4 Å². The van der Waals surface area contributed by atoms with Gasteiger partial charge in [-0.25, -0.2) is 14.7 Å². The number of esters is 2. The first-order valence-corrected chi connectivity index (χ1v) is 10.8. The number of carbonyl (C=O) groups excluding carboxylic acids is 3. The smallest absolute Gasteiger partial charge is 0.339 e. The van der Waals surface area contributed by atoms with Crippen molar-refractivity contribution in [2.24, 2.45) is 0 Å². The Bertz CT molecular complexity index is 1500. The van der Waals surface area contributed by atoms with E-state index in [1.165, 1.54) is 32.4 Å². The van der Waals surface area contributed by atoms with E-state index in [4.69, 9.17) is 9.47 Å². The van der Waals surface area contributed by atoms with Crippen molar-refractivity contribution in [3.05, 3.63) is 106 Å². The Hall–Kier alpha value is -5.05. The molecule has 9 nitrogen and oxygen atoms in total. The van der Waals surface area contributed by atoms with Crippen molar-refractivity contribution in [2.45, 2.75) is 0 Å². The highest BCUT2D eigenvalue weighted by atomic mass is 16.5. The number of ether oxygens (including phenoxy) is 2. The minimum absolute atomic E-state index is 0.00599. The molecule has 0 radical (unpaired) electrons. The van der Waals surface area contributed by atoms with Gasteiger partial charge in [-0.3, -0.25) is 9.59 Å². The standard InChI is InChI=1S/C27H21N3O6/c1-35-26(33)18-13-14-19(27(34)36-2)20(15-18)28-24(31)22-21(16-9-5-3-6-10-16)23(29-30-25(22)32)17-11-7-4-8-12-17/h3-15H,1-2H3,(H,28,31)(H,30,32). The lowest BCUT2D eigenvalue weighted by Gasteiger charge is -2.15. The van der Waals surface area contributed by atoms with Gasteiger partial charge in [-0.05, 0) is 23.8 Å². The monoisotopic (exact) mass is 483 g/mol. The summed E-state index contributed by atoms with van der Waals surface area (Å²) in [6, 6.07) is 22.0. The van der Waals surface area contributed by atoms with E-state index in [2.05, 4.69) is 15.5 Å². The van der Waals surface area contributed by atoms with Crippen LogP contribution in [0, 0.1) is 0 Å². The van der Waals surface area contributed by atoms with Gasteiger partial charge in [-0.2, -0.15) is 5.10 Å². The van der Waals surface area contributed by atoms with Crippen LogP contribution < -0.4 is 10.9 Å². The average Bonchev–Trinajstić information content (AvgIpc) is 2.92. The molecule has 9 heteroatoms. The number of nitrogens with zero attached hydrogens (tertiary/aromatic N) is 1. The molecule has 0 saturated carbocycles. The zero-order valence-corrected chi connectivity index (χ0v) is 19.4. The maximum atomic E-state index is 13.6. The fraction of sp³-hybridized carbons (Fsp3) is 0.0741. The van der Waals surface area contributed by atoms with E-state index < -0.39 is 23.4 Å². The van der Waals surface area contributed by atoms with Crippen LogP contribution >= 0.6 is 0 Å². The van der Waals surface area contributed by atoms with E-state index >= 15 is 0 Å². The number of H-pyrrole nitrogens is 1. The van der Waals surface area contributed by atoms with E-state index in [0.717, 1.165) is 0 Å². The van der Waals surface area contributed by atoms with Crippen LogP contribution in [0.15, 0.2) is 83.7 Å². The summed E-state index contributed by atoms with van der Waals surface area (Å²) in [4.78, 5) is 51.0. The molecule has 0 aliphatic carbocycles. The summed E-state index contributed by atoms with van der Waals surface area (Å²) < 4.78 is 9.54. The molecule has 36 heavy (non-hydrogen) atoms. The molecule has 0 unspecified atom stereocenters. The largest absolute Gasteiger partial charge is 0.465 e. The lowest BCUT2D eigenvalue weighted by Crippen LogP contribution is -2.27. The van der Waals surface area contributed by atoms with Gasteiger partial charge in [0.25, 0.3) is 11.5 Å². The molecule has 0 bridgehead atoms. The predicted molar refractivity (Wildman–Crippen MR) is 133 cm³/mol. The Balaban J connectivity index is 1.90. The molecular formula is C27H21N3O6. The summed E-state index contributed by atoms with van der Waals surface area (Å²) >= 11 is 0. The topological polar surface area (TPSA) is 127 Å². The Morgan fingerprint density at radius 3 is 2.03 bits per heavy atom. The molecule has 0 saturated heterocycles. The van der Waals surface area contributed by atoms with Crippen molar-refractivity contribution >= 4 is 23.5 Å². The molecule has 4 rings (SSSR count). The third-order valence-corrected chi connectivity index (χ3v) is 5.41. The normalized spacial score (nSPS) is 10.4. The van der Waals surface area contributed by atoms with E-state index in [1.54, 1.807) is 24.3 Å². The highest BCUT2D eigenvalue weighted by Gasteiger charge is 2.25. The summed E-state index contributed by atoms with van der Waals surface area (Å²) in [5.41, 5.74) is 1.11. The number of aromatic amines is 1. The number of nitrogens with one attached hydrogen (secondary N) is 2. The second-order valence-electron chi connectivity index (χ2n) is 7.58. The van der Waals surface area contributed by atoms with Gasteiger partial charge in [0, 0.05) is 11.1 Å². The zero-order valence-electron chi connectivity index (χ0n) is 19.4. The molecule has 0 fully saturated rings. The molecule has 2 N–H and O–H groups in total. The van der Waals surface area contributed by atoms with Crippen molar-refractivity contribution in [1.29, 1.82) is 0 Å². The van der Waals surface area contributed by atoms with E-state index in [0.29, 0.717) is 22.4 Å². The first kappa shape index (κ1) is 24.1. The van der Waals surface area contributed by atoms with Crippen molar-refractivity contribution < 1.29 is 23.9 Å². The number of benzene rings is 3. The van der Waals surface area contributed by atoms with Gasteiger partial charge in [0.1, 0.15) is 5.56 Å². The fourth-order valence-corrected chi connectivity index (χ4v) is 3.72. The number of amides is 1. The van der Waals surface area contributed by atoms with Gasteiger partial charge in [-0.15, -0.1) is 0 Å². The maximum Gasteiger partial charge on any atom is 0.339 e. The number of rotatable bonds is 6. The fourth-order valence-electron chi connectivity index (χ4n) is 3.72. The van der Waals surface area contributed by atoms with E-state index in [-0.39, 0.29) is 22.4 Å². The van der Waals surface area contributed by atoms with Gasteiger partial charge in [0.05, 0.1) is 36.7 Å². The number of hydrogen-bond donors (Lipinski definition) is 2. The number of aromatic nitrogens is 2. The van der Waals surface area contributed by atoms with Gasteiger partial charge >= 0.3 is 11.9 Å². The number of carbonyl (C=O) groups is 3. The molecule has 1 aromatic heterocycles. The molecular weight excluding hydrogens is 462 g/mol. The number of anilines is 1. The molecule has 0 spiro atoms. The first-order valence-electron chi connectivity index (χ1n) is 10.8. The predicted octanol–water partition coefficient (Wildman–Crippen LogP) is 3.93. The molecule has 0 aliphatic heterocycles. The quantitative estimate of drug-likeness (QED) is 0.398. The number of methoxy groups -OCH3 is 2. The Morgan fingerprint density at radius 2 is 1.42 bits per heavy atom. The lowest BCUT2D eigenvalue weighted by atomic mass is 9.95. The van der Waals surface area contributed by atoms with Crippen LogP contribution in [0.1, 0.15) is 31.1 Å². The van der Waals surface area contributed by atoms with Gasteiger partial charge in [0.2, 0.25) is 0 Å². The zero-order chi connectivity index (χ0) is 25.7. The van der Waals surface area contributed by atoms with Crippen LogP contribution in [-0.2, 0) is 9.47 Å². The van der Waals surface area contributed by atoms with Crippen molar-refractivity contribution in [3.63, 3.8) is 0 Å². The van der Waals surface area contributed by atoms with E-state index in [9.17, 15) is 19.2 Å². The van der Waals surface area contributed by atoms with Gasteiger partial charge < -0.3 is 14.8 Å². The minimum Gasteiger partial charge on any atom is -0.465 e. The summed E-state index contributed by atoms with van der Waals surface area (Å²) in [6.45, 7) is 0. The van der Waals surface area contributed by atoms with Gasteiger partial charge in [-0.1, -0.05) is 60.7 Å². The second-order valence-corrected chi connectivity index (χ2v) is 7.58. The van der Waals surface area contributed by atoms with Gasteiger partial charge in [0.15, 0.2) is 0 Å². The molecule has 0 aliphatic rings. The molecule has 4 aromatic rings.